The molecule has 0 N–H and O–H groups in total. The number of rotatable bonds is 7. The Morgan fingerprint density at radius 3 is 2.08 bits per heavy atom. The number of nitrogens with zero attached hydrogens (tertiary/aromatic N) is 1. The van der Waals surface area contributed by atoms with Crippen molar-refractivity contribution in [2.24, 2.45) is 23.2 Å². The molecule has 0 radical (unpaired) electrons. The molecule has 0 aliphatic carbocycles. The number of aryl methyl sites for hydroxylation is 1. The molecule has 10 heteroatoms. The quantitative estimate of drug-likeness (QED) is 0.155. The SMILES string of the molecule is CC(=O)[C@@H]1C/C=C(/C)C/C=C/[C@H](C)[C@H](O[Si](C)(C)C(C)(C)C)[C@@H](C)C(=O)C(C)(C)[C@@H](C)CC(=O)O1.CCc1csc(CO[Si](C)(C)C(C)(C)C)n1. The molecule has 5 atom stereocenters. The first-order valence-electron chi connectivity index (χ1n) is 18.9. The molecule has 292 valence electrons. The molecular formula is C41H73NO6SSi2. The fourth-order valence-electron chi connectivity index (χ4n) is 5.18. The van der Waals surface area contributed by atoms with E-state index in [1.807, 2.05) is 40.7 Å². The highest BCUT2D eigenvalue weighted by Crippen LogP contribution is 2.42. The summed E-state index contributed by atoms with van der Waals surface area (Å²) in [6, 6.07) is 0. The second kappa shape index (κ2) is 19.0. The molecule has 0 unspecified atom stereocenters. The first-order chi connectivity index (χ1) is 23.1. The first-order valence-corrected chi connectivity index (χ1v) is 25.6. The van der Waals surface area contributed by atoms with Crippen LogP contribution in [-0.4, -0.2) is 51.4 Å². The van der Waals surface area contributed by atoms with Gasteiger partial charge in [0.15, 0.2) is 28.5 Å². The molecule has 0 saturated heterocycles. The van der Waals surface area contributed by atoms with E-state index in [9.17, 15) is 14.4 Å². The topological polar surface area (TPSA) is 91.8 Å². The van der Waals surface area contributed by atoms with E-state index < -0.39 is 34.1 Å². The number of carbonyl (C=O) groups is 3. The monoisotopic (exact) mass is 763 g/mol. The minimum absolute atomic E-state index is 0.0214. The Hall–Kier alpha value is -1.73. The van der Waals surface area contributed by atoms with Crippen LogP contribution in [0.3, 0.4) is 0 Å². The lowest BCUT2D eigenvalue weighted by Gasteiger charge is -2.43. The molecule has 2 heterocycles. The van der Waals surface area contributed by atoms with E-state index in [0.717, 1.165) is 23.4 Å². The molecule has 1 aromatic heterocycles. The number of thiazole rings is 1. The number of carbonyl (C=O) groups excluding carboxylic acids is 3. The van der Waals surface area contributed by atoms with E-state index in [1.54, 1.807) is 11.3 Å². The summed E-state index contributed by atoms with van der Waals surface area (Å²) < 4.78 is 18.6. The van der Waals surface area contributed by atoms with Gasteiger partial charge in [-0.15, -0.1) is 11.3 Å². The van der Waals surface area contributed by atoms with Gasteiger partial charge in [-0.1, -0.05) is 107 Å². The van der Waals surface area contributed by atoms with Crippen molar-refractivity contribution in [1.29, 1.82) is 0 Å². The Kier molecular flexibility index (Phi) is 17.7. The number of esters is 1. The second-order valence-corrected chi connectivity index (χ2v) is 28.8. The highest BCUT2D eigenvalue weighted by molar-refractivity contribution is 7.09. The highest BCUT2D eigenvalue weighted by atomic mass is 32.1. The zero-order chi connectivity index (χ0) is 39.8. The molecule has 7 nitrogen and oxygen atoms in total. The molecule has 1 aromatic rings. The van der Waals surface area contributed by atoms with Gasteiger partial charge in [-0.3, -0.25) is 14.4 Å². The lowest BCUT2D eigenvalue weighted by Crippen LogP contribution is -2.50. The molecule has 0 spiro atoms. The summed E-state index contributed by atoms with van der Waals surface area (Å²) in [5, 5.41) is 3.54. The van der Waals surface area contributed by atoms with Crippen LogP contribution in [0.1, 0.15) is 127 Å². The number of Topliss-reactive ketones (excluding diaryl/α,β-unsaturated/α-hetero) is 2. The number of hydrogen-bond donors (Lipinski definition) is 0. The number of cyclic esters (lactones) is 1. The maximum Gasteiger partial charge on any atom is 0.306 e. The van der Waals surface area contributed by atoms with Crippen LogP contribution in [0.5, 0.6) is 0 Å². The molecule has 0 aromatic carbocycles. The Morgan fingerprint density at radius 2 is 1.59 bits per heavy atom. The van der Waals surface area contributed by atoms with Gasteiger partial charge in [-0.2, -0.15) is 0 Å². The van der Waals surface area contributed by atoms with Crippen molar-refractivity contribution in [1.82, 2.24) is 4.98 Å². The number of aromatic nitrogens is 1. The van der Waals surface area contributed by atoms with E-state index in [1.165, 1.54) is 12.6 Å². The van der Waals surface area contributed by atoms with Crippen LogP contribution < -0.4 is 0 Å². The molecule has 51 heavy (non-hydrogen) atoms. The summed E-state index contributed by atoms with van der Waals surface area (Å²) >= 11 is 1.71. The third kappa shape index (κ3) is 14.2. The summed E-state index contributed by atoms with van der Waals surface area (Å²) in [7, 11) is -3.76. The minimum Gasteiger partial charge on any atom is -0.454 e. The number of ether oxygens (including phenoxy) is 1. The van der Waals surface area contributed by atoms with Crippen molar-refractivity contribution in [3.05, 3.63) is 39.9 Å². The van der Waals surface area contributed by atoms with Crippen LogP contribution in [0.15, 0.2) is 29.2 Å². The third-order valence-electron chi connectivity index (χ3n) is 11.6. The Morgan fingerprint density at radius 1 is 1.02 bits per heavy atom. The lowest BCUT2D eigenvalue weighted by atomic mass is 9.69. The number of ketones is 2. The predicted octanol–water partition coefficient (Wildman–Crippen LogP) is 11.3. The maximum absolute atomic E-state index is 13.9. The van der Waals surface area contributed by atoms with Gasteiger partial charge in [-0.05, 0) is 74.8 Å². The predicted molar refractivity (Wildman–Crippen MR) is 219 cm³/mol. The highest BCUT2D eigenvalue weighted by Gasteiger charge is 2.46. The van der Waals surface area contributed by atoms with Gasteiger partial charge in [0.1, 0.15) is 10.8 Å². The van der Waals surface area contributed by atoms with Gasteiger partial charge in [-0.25, -0.2) is 4.98 Å². The van der Waals surface area contributed by atoms with Crippen molar-refractivity contribution >= 4 is 45.5 Å². The molecule has 0 saturated carbocycles. The van der Waals surface area contributed by atoms with E-state index in [0.29, 0.717) is 13.0 Å². The van der Waals surface area contributed by atoms with Crippen molar-refractivity contribution < 1.29 is 28.0 Å². The largest absolute Gasteiger partial charge is 0.454 e. The number of allylic oxidation sites excluding steroid dienone is 2. The van der Waals surface area contributed by atoms with Gasteiger partial charge < -0.3 is 13.6 Å². The summed E-state index contributed by atoms with van der Waals surface area (Å²) in [6.07, 6.45) is 7.38. The van der Waals surface area contributed by atoms with Crippen LogP contribution in [-0.2, 0) is 41.0 Å². The van der Waals surface area contributed by atoms with Gasteiger partial charge >= 0.3 is 5.97 Å². The van der Waals surface area contributed by atoms with Gasteiger partial charge in [0.2, 0.25) is 0 Å². The zero-order valence-electron chi connectivity index (χ0n) is 35.5. The molecule has 2 rings (SSSR count). The molecule has 1 aliphatic heterocycles. The second-order valence-electron chi connectivity index (χ2n) is 18.3. The van der Waals surface area contributed by atoms with Gasteiger partial charge in [0.25, 0.3) is 0 Å². The normalized spacial score (nSPS) is 26.3. The summed E-state index contributed by atoms with van der Waals surface area (Å²) in [5.74, 6) is -1.06. The van der Waals surface area contributed by atoms with Crippen molar-refractivity contribution in [2.75, 3.05) is 0 Å². The number of hydrogen-bond acceptors (Lipinski definition) is 8. The van der Waals surface area contributed by atoms with Crippen LogP contribution >= 0.6 is 11.3 Å². The molecular weight excluding hydrogens is 691 g/mol. The fraction of sp³-hybridized carbons (Fsp3) is 0.756. The van der Waals surface area contributed by atoms with E-state index in [4.69, 9.17) is 13.6 Å². The van der Waals surface area contributed by atoms with Gasteiger partial charge in [0, 0.05) is 29.6 Å². The Balaban J connectivity index is 0.000000674. The molecule has 1 aliphatic rings. The Labute approximate surface area is 318 Å². The van der Waals surface area contributed by atoms with Gasteiger partial charge in [0.05, 0.1) is 18.4 Å². The first kappa shape index (κ1) is 47.3. The molecule has 0 amide bonds. The fourth-order valence-corrected chi connectivity index (χ4v) is 8.45. The summed E-state index contributed by atoms with van der Waals surface area (Å²) in [6.45, 7) is 38.5. The average Bonchev–Trinajstić information content (AvgIpc) is 3.47. The minimum atomic E-state index is -2.14. The lowest BCUT2D eigenvalue weighted by molar-refractivity contribution is -0.156. The van der Waals surface area contributed by atoms with Crippen LogP contribution in [0.4, 0.5) is 0 Å². The van der Waals surface area contributed by atoms with E-state index >= 15 is 0 Å². The van der Waals surface area contributed by atoms with Crippen molar-refractivity contribution in [3.8, 4) is 0 Å². The summed E-state index contributed by atoms with van der Waals surface area (Å²) in [5.41, 5.74) is 1.53. The standard InChI is InChI=1S/C29H50O5Si.C12H23NOSSi/c1-19-14-13-15-20(2)26(34-35(11,12)28(6,7)8)22(4)27(32)29(9,10)21(3)18-25(31)33-24(17-16-19)23(5)30;1-7-10-9-15-11(13-10)8-14-16(5,6)12(2,3)4/h13,15-16,20-22,24,26H,14,17-18H2,1-12H3;9H,7-8H2,1-6H3/b15-13+,19-16-;/t20-,21-,22+,24-,26-;/m0./s1. The van der Waals surface area contributed by atoms with E-state index in [-0.39, 0.29) is 51.9 Å². The van der Waals surface area contributed by atoms with Crippen molar-refractivity contribution in [3.63, 3.8) is 0 Å². The molecule has 0 bridgehead atoms. The summed E-state index contributed by atoms with van der Waals surface area (Å²) in [4.78, 5) is 43.2. The maximum atomic E-state index is 13.9. The van der Waals surface area contributed by atoms with Crippen molar-refractivity contribution in [2.45, 2.75) is 178 Å². The smallest absolute Gasteiger partial charge is 0.306 e. The Bertz CT molecular complexity index is 1360. The molecule has 0 fully saturated rings. The van der Waals surface area contributed by atoms with Crippen LogP contribution in [0, 0.1) is 23.2 Å². The average molecular weight is 764 g/mol. The zero-order valence-corrected chi connectivity index (χ0v) is 38.4. The third-order valence-corrected chi connectivity index (χ3v) is 21.4. The van der Waals surface area contributed by atoms with Crippen LogP contribution in [0.2, 0.25) is 36.3 Å². The van der Waals surface area contributed by atoms with E-state index in [2.05, 4.69) is 104 Å². The van der Waals surface area contributed by atoms with Crippen LogP contribution in [0.25, 0.3) is 0 Å².